The van der Waals surface area contributed by atoms with Gasteiger partial charge in [-0.3, -0.25) is 4.90 Å². The molecule has 6 heteroatoms. The Hall–Kier alpha value is -1.27. The molecule has 0 amide bonds. The van der Waals surface area contributed by atoms with Gasteiger partial charge in [0, 0.05) is 18.3 Å². The van der Waals surface area contributed by atoms with E-state index in [1.807, 2.05) is 0 Å². The van der Waals surface area contributed by atoms with Crippen LogP contribution in [0.1, 0.15) is 18.5 Å². The van der Waals surface area contributed by atoms with Gasteiger partial charge in [-0.15, -0.1) is 0 Å². The minimum atomic E-state index is -4.28. The molecule has 0 aliphatic carbocycles. The number of nitrogens with zero attached hydrogens (tertiary/aromatic N) is 1. The van der Waals surface area contributed by atoms with Gasteiger partial charge < -0.3 is 10.8 Å². The zero-order chi connectivity index (χ0) is 13.8. The number of nitrogen functional groups attached to an aromatic ring is 1. The van der Waals surface area contributed by atoms with Crippen LogP contribution in [0.3, 0.4) is 0 Å². The lowest BCUT2D eigenvalue weighted by atomic mass is 10.1. The average Bonchev–Trinajstić information content (AvgIpc) is 2.27. The maximum atomic E-state index is 12.4. The molecule has 1 aromatic rings. The van der Waals surface area contributed by atoms with Crippen molar-refractivity contribution in [3.8, 4) is 0 Å². The number of aliphatic hydroxyl groups excluding tert-OH is 1. The standard InChI is InChI=1S/C12H17F3N2O/c1-9(10-2-4-11(16)5-3-10)17(6-7-18)8-12(13,14)15/h2-5,9,18H,6-8,16H2,1H3. The van der Waals surface area contributed by atoms with Gasteiger partial charge in [-0.05, 0) is 24.6 Å². The molecule has 18 heavy (non-hydrogen) atoms. The van der Waals surface area contributed by atoms with Crippen LogP contribution in [-0.2, 0) is 0 Å². The van der Waals surface area contributed by atoms with E-state index in [0.717, 1.165) is 5.56 Å². The number of benzene rings is 1. The third-order valence-corrected chi connectivity index (χ3v) is 2.74. The molecule has 0 heterocycles. The molecular weight excluding hydrogens is 245 g/mol. The van der Waals surface area contributed by atoms with E-state index in [4.69, 9.17) is 10.8 Å². The van der Waals surface area contributed by atoms with E-state index in [1.165, 1.54) is 4.90 Å². The smallest absolute Gasteiger partial charge is 0.399 e. The SMILES string of the molecule is CC(c1ccc(N)cc1)N(CCO)CC(F)(F)F. The summed E-state index contributed by atoms with van der Waals surface area (Å²) < 4.78 is 37.3. The Kier molecular flexibility index (Phi) is 4.98. The summed E-state index contributed by atoms with van der Waals surface area (Å²) in [6.45, 7) is 0.298. The van der Waals surface area contributed by atoms with Crippen molar-refractivity contribution >= 4 is 5.69 Å². The molecule has 1 aromatic carbocycles. The predicted octanol–water partition coefficient (Wildman–Crippen LogP) is 2.19. The molecule has 3 N–H and O–H groups in total. The van der Waals surface area contributed by atoms with Crippen LogP contribution in [0.5, 0.6) is 0 Å². The molecule has 102 valence electrons. The van der Waals surface area contributed by atoms with Crippen molar-refractivity contribution in [2.24, 2.45) is 0 Å². The fraction of sp³-hybridized carbons (Fsp3) is 0.500. The normalized spacial score (nSPS) is 13.9. The highest BCUT2D eigenvalue weighted by molar-refractivity contribution is 5.40. The van der Waals surface area contributed by atoms with Crippen LogP contribution >= 0.6 is 0 Å². The summed E-state index contributed by atoms with van der Waals surface area (Å²) in [5.74, 6) is 0. The van der Waals surface area contributed by atoms with Crippen molar-refractivity contribution in [2.45, 2.75) is 19.1 Å². The van der Waals surface area contributed by atoms with Gasteiger partial charge in [-0.2, -0.15) is 13.2 Å². The number of anilines is 1. The van der Waals surface area contributed by atoms with Crippen LogP contribution in [0.4, 0.5) is 18.9 Å². The van der Waals surface area contributed by atoms with Crippen molar-refractivity contribution in [3.05, 3.63) is 29.8 Å². The molecule has 0 aliphatic heterocycles. The second-order valence-corrected chi connectivity index (χ2v) is 4.15. The first-order valence-electron chi connectivity index (χ1n) is 5.60. The maximum absolute atomic E-state index is 12.4. The minimum absolute atomic E-state index is 0.0228. The molecule has 0 spiro atoms. The lowest BCUT2D eigenvalue weighted by molar-refractivity contribution is -0.151. The van der Waals surface area contributed by atoms with Gasteiger partial charge in [0.05, 0.1) is 13.2 Å². The van der Waals surface area contributed by atoms with Gasteiger partial charge in [0.15, 0.2) is 0 Å². The molecule has 1 atom stereocenters. The Balaban J connectivity index is 2.81. The molecule has 0 fully saturated rings. The number of hydrogen-bond donors (Lipinski definition) is 2. The summed E-state index contributed by atoms with van der Waals surface area (Å²) in [7, 11) is 0. The highest BCUT2D eigenvalue weighted by atomic mass is 19.4. The van der Waals surface area contributed by atoms with Gasteiger partial charge >= 0.3 is 6.18 Å². The third-order valence-electron chi connectivity index (χ3n) is 2.74. The molecule has 1 rings (SSSR count). The van der Waals surface area contributed by atoms with E-state index in [0.29, 0.717) is 5.69 Å². The van der Waals surface area contributed by atoms with E-state index in [1.54, 1.807) is 31.2 Å². The predicted molar refractivity (Wildman–Crippen MR) is 64.0 cm³/mol. The quantitative estimate of drug-likeness (QED) is 0.800. The highest BCUT2D eigenvalue weighted by Crippen LogP contribution is 2.25. The lowest BCUT2D eigenvalue weighted by Gasteiger charge is -2.29. The Morgan fingerprint density at radius 1 is 1.28 bits per heavy atom. The van der Waals surface area contributed by atoms with E-state index in [2.05, 4.69) is 0 Å². The van der Waals surface area contributed by atoms with Crippen molar-refractivity contribution in [3.63, 3.8) is 0 Å². The van der Waals surface area contributed by atoms with Gasteiger partial charge in [-0.1, -0.05) is 12.1 Å². The number of nitrogens with two attached hydrogens (primary N) is 1. The van der Waals surface area contributed by atoms with Crippen molar-refractivity contribution < 1.29 is 18.3 Å². The Morgan fingerprint density at radius 3 is 2.28 bits per heavy atom. The van der Waals surface area contributed by atoms with Crippen LogP contribution in [0.25, 0.3) is 0 Å². The van der Waals surface area contributed by atoms with E-state index < -0.39 is 18.8 Å². The monoisotopic (exact) mass is 262 g/mol. The zero-order valence-electron chi connectivity index (χ0n) is 10.1. The fourth-order valence-corrected chi connectivity index (χ4v) is 1.75. The molecule has 3 nitrogen and oxygen atoms in total. The third kappa shape index (κ3) is 4.54. The summed E-state index contributed by atoms with van der Waals surface area (Å²) in [5, 5.41) is 8.84. The van der Waals surface area contributed by atoms with Crippen LogP contribution in [0.2, 0.25) is 0 Å². The number of alkyl halides is 3. The lowest BCUT2D eigenvalue weighted by Crippen LogP contribution is -2.38. The molecular formula is C12H17F3N2O. The van der Waals surface area contributed by atoms with Crippen LogP contribution < -0.4 is 5.73 Å². The van der Waals surface area contributed by atoms with Gasteiger partial charge in [-0.25, -0.2) is 0 Å². The molecule has 0 bridgehead atoms. The van der Waals surface area contributed by atoms with Gasteiger partial charge in [0.1, 0.15) is 0 Å². The highest BCUT2D eigenvalue weighted by Gasteiger charge is 2.32. The molecule has 0 aliphatic rings. The van der Waals surface area contributed by atoms with Crippen LogP contribution in [-0.4, -0.2) is 35.9 Å². The van der Waals surface area contributed by atoms with Crippen molar-refractivity contribution in [1.82, 2.24) is 4.90 Å². The topological polar surface area (TPSA) is 49.5 Å². The molecule has 0 saturated heterocycles. The molecule has 0 saturated carbocycles. The zero-order valence-corrected chi connectivity index (χ0v) is 10.1. The summed E-state index contributed by atoms with van der Waals surface area (Å²) in [4.78, 5) is 1.19. The average molecular weight is 262 g/mol. The number of aliphatic hydroxyl groups is 1. The first kappa shape index (κ1) is 14.8. The van der Waals surface area contributed by atoms with Gasteiger partial charge in [0.2, 0.25) is 0 Å². The fourth-order valence-electron chi connectivity index (χ4n) is 1.75. The Morgan fingerprint density at radius 2 is 1.83 bits per heavy atom. The summed E-state index contributed by atoms with van der Waals surface area (Å²) in [6, 6.07) is 6.26. The number of halogens is 3. The Bertz CT molecular complexity index is 365. The second-order valence-electron chi connectivity index (χ2n) is 4.15. The number of hydrogen-bond acceptors (Lipinski definition) is 3. The van der Waals surface area contributed by atoms with Crippen molar-refractivity contribution in [1.29, 1.82) is 0 Å². The minimum Gasteiger partial charge on any atom is -0.399 e. The van der Waals surface area contributed by atoms with E-state index in [9.17, 15) is 13.2 Å². The molecule has 0 aromatic heterocycles. The summed E-state index contributed by atoms with van der Waals surface area (Å²) in [6.07, 6.45) is -4.28. The summed E-state index contributed by atoms with van der Waals surface area (Å²) in [5.41, 5.74) is 6.83. The Labute approximate surface area is 104 Å². The van der Waals surface area contributed by atoms with E-state index in [-0.39, 0.29) is 13.2 Å². The largest absolute Gasteiger partial charge is 0.401 e. The number of rotatable bonds is 5. The second kappa shape index (κ2) is 6.06. The first-order valence-corrected chi connectivity index (χ1v) is 5.60. The molecule has 1 unspecified atom stereocenters. The summed E-state index contributed by atoms with van der Waals surface area (Å²) >= 11 is 0. The van der Waals surface area contributed by atoms with Gasteiger partial charge in [0.25, 0.3) is 0 Å². The maximum Gasteiger partial charge on any atom is 0.401 e. The molecule has 0 radical (unpaired) electrons. The van der Waals surface area contributed by atoms with Crippen molar-refractivity contribution in [2.75, 3.05) is 25.4 Å². The first-order chi connectivity index (χ1) is 8.33. The van der Waals surface area contributed by atoms with Crippen LogP contribution in [0, 0.1) is 0 Å². The van der Waals surface area contributed by atoms with Crippen LogP contribution in [0.15, 0.2) is 24.3 Å². The van der Waals surface area contributed by atoms with E-state index >= 15 is 0 Å².